The lowest BCUT2D eigenvalue weighted by Crippen LogP contribution is -2.23. The number of aromatic nitrogens is 2. The van der Waals surface area contributed by atoms with Crippen LogP contribution in [0.1, 0.15) is 5.76 Å². The first-order valence-electron chi connectivity index (χ1n) is 9.17. The van der Waals surface area contributed by atoms with E-state index in [2.05, 4.69) is 5.10 Å². The molecule has 2 aromatic carbocycles. The van der Waals surface area contributed by atoms with Crippen LogP contribution in [0.15, 0.2) is 92.1 Å². The third kappa shape index (κ3) is 4.76. The van der Waals surface area contributed by atoms with Gasteiger partial charge in [-0.1, -0.05) is 29.8 Å². The zero-order valence-electron chi connectivity index (χ0n) is 16.4. The van der Waals surface area contributed by atoms with Gasteiger partial charge < -0.3 is 4.42 Å². The molecule has 0 unspecified atom stereocenters. The number of furan rings is 1. The third-order valence-corrected chi connectivity index (χ3v) is 6.99. The minimum absolute atomic E-state index is 0.210. The summed E-state index contributed by atoms with van der Waals surface area (Å²) in [7, 11) is -3.32. The molecular weight excluding hydrogens is 456 g/mol. The molecular formula is C22H17ClN2O4S2. The number of sulfone groups is 1. The zero-order valence-corrected chi connectivity index (χ0v) is 18.7. The fourth-order valence-electron chi connectivity index (χ4n) is 2.99. The summed E-state index contributed by atoms with van der Waals surface area (Å²) in [4.78, 5) is 14.1. The van der Waals surface area contributed by atoms with Crippen molar-refractivity contribution >= 4 is 33.2 Å². The van der Waals surface area contributed by atoms with Crippen molar-refractivity contribution in [1.82, 2.24) is 9.78 Å². The second kappa shape index (κ2) is 8.74. The van der Waals surface area contributed by atoms with Gasteiger partial charge in [0.1, 0.15) is 5.76 Å². The summed E-state index contributed by atoms with van der Waals surface area (Å²) in [5, 5.41) is 4.83. The van der Waals surface area contributed by atoms with Gasteiger partial charge in [0.15, 0.2) is 9.84 Å². The molecule has 4 rings (SSSR count). The van der Waals surface area contributed by atoms with Gasteiger partial charge in [-0.05, 0) is 48.0 Å². The van der Waals surface area contributed by atoms with E-state index in [-0.39, 0.29) is 10.5 Å². The molecule has 0 aliphatic carbocycles. The molecule has 0 fully saturated rings. The highest BCUT2D eigenvalue weighted by Crippen LogP contribution is 2.31. The average Bonchev–Trinajstić information content (AvgIpc) is 3.26. The number of thioether (sulfide) groups is 1. The van der Waals surface area contributed by atoms with Crippen LogP contribution >= 0.6 is 23.4 Å². The molecule has 0 bridgehead atoms. The molecule has 4 aromatic rings. The summed E-state index contributed by atoms with van der Waals surface area (Å²) in [5.74, 6) is 1.19. The predicted molar refractivity (Wildman–Crippen MR) is 122 cm³/mol. The Morgan fingerprint density at radius 1 is 1.10 bits per heavy atom. The molecule has 0 aliphatic rings. The zero-order chi connectivity index (χ0) is 22.0. The third-order valence-electron chi connectivity index (χ3n) is 4.52. The molecule has 0 saturated carbocycles. The highest BCUT2D eigenvalue weighted by Gasteiger charge is 2.17. The smallest absolute Gasteiger partial charge is 0.285 e. The molecule has 9 heteroatoms. The Bertz CT molecular complexity index is 1380. The van der Waals surface area contributed by atoms with Gasteiger partial charge >= 0.3 is 0 Å². The Hall–Kier alpha value is -2.81. The summed E-state index contributed by atoms with van der Waals surface area (Å²) in [6.07, 6.45) is 4.33. The van der Waals surface area contributed by atoms with Crippen molar-refractivity contribution in [3.05, 3.63) is 94.3 Å². The Balaban J connectivity index is 1.82. The van der Waals surface area contributed by atoms with E-state index in [1.165, 1.54) is 28.6 Å². The van der Waals surface area contributed by atoms with Crippen LogP contribution in [0, 0.1) is 0 Å². The Kier molecular flexibility index (Phi) is 6.04. The maximum atomic E-state index is 13.4. The minimum Gasteiger partial charge on any atom is -0.468 e. The lowest BCUT2D eigenvalue weighted by Gasteiger charge is -2.12. The van der Waals surface area contributed by atoms with Crippen molar-refractivity contribution in [2.45, 2.75) is 15.5 Å². The monoisotopic (exact) mass is 472 g/mol. The van der Waals surface area contributed by atoms with Crippen LogP contribution in [-0.2, 0) is 15.6 Å². The maximum absolute atomic E-state index is 13.4. The molecule has 0 saturated heterocycles. The second-order valence-corrected chi connectivity index (χ2v) is 10.2. The van der Waals surface area contributed by atoms with Crippen molar-refractivity contribution in [2.75, 3.05) is 6.26 Å². The van der Waals surface area contributed by atoms with Gasteiger partial charge in [-0.25, -0.2) is 8.42 Å². The van der Waals surface area contributed by atoms with E-state index in [4.69, 9.17) is 16.0 Å². The summed E-state index contributed by atoms with van der Waals surface area (Å²) in [6, 6.07) is 16.9. The summed E-state index contributed by atoms with van der Waals surface area (Å²) in [6.45, 7) is 0. The van der Waals surface area contributed by atoms with Crippen molar-refractivity contribution in [3.63, 3.8) is 0 Å². The van der Waals surface area contributed by atoms with Crippen molar-refractivity contribution < 1.29 is 12.8 Å². The molecule has 0 atom stereocenters. The fraction of sp³-hybridized carbons (Fsp3) is 0.0909. The van der Waals surface area contributed by atoms with Crippen LogP contribution in [0.2, 0.25) is 5.02 Å². The van der Waals surface area contributed by atoms with E-state index in [1.54, 1.807) is 54.9 Å². The molecule has 0 N–H and O–H groups in total. The van der Waals surface area contributed by atoms with Crippen LogP contribution < -0.4 is 5.56 Å². The van der Waals surface area contributed by atoms with Gasteiger partial charge in [-0.2, -0.15) is 9.78 Å². The Morgan fingerprint density at radius 3 is 2.52 bits per heavy atom. The van der Waals surface area contributed by atoms with E-state index >= 15 is 0 Å². The van der Waals surface area contributed by atoms with Crippen LogP contribution in [0.25, 0.3) is 16.8 Å². The van der Waals surface area contributed by atoms with E-state index in [1.807, 2.05) is 6.07 Å². The normalized spacial score (nSPS) is 11.5. The summed E-state index contributed by atoms with van der Waals surface area (Å²) >= 11 is 7.42. The van der Waals surface area contributed by atoms with Gasteiger partial charge in [-0.15, -0.1) is 11.8 Å². The van der Waals surface area contributed by atoms with E-state index in [9.17, 15) is 13.2 Å². The van der Waals surface area contributed by atoms with Crippen LogP contribution in [0.3, 0.4) is 0 Å². The lowest BCUT2D eigenvalue weighted by atomic mass is 10.1. The molecule has 0 spiro atoms. The van der Waals surface area contributed by atoms with Crippen LogP contribution in [0.5, 0.6) is 0 Å². The van der Waals surface area contributed by atoms with Crippen molar-refractivity contribution in [1.29, 1.82) is 0 Å². The molecule has 0 radical (unpaired) electrons. The largest absolute Gasteiger partial charge is 0.468 e. The Labute approximate surface area is 188 Å². The number of rotatable bonds is 6. The second-order valence-electron chi connectivity index (χ2n) is 6.75. The number of hydrogen-bond donors (Lipinski definition) is 0. The molecule has 2 heterocycles. The van der Waals surface area contributed by atoms with E-state index < -0.39 is 9.84 Å². The lowest BCUT2D eigenvalue weighted by molar-refractivity contribution is 0.530. The van der Waals surface area contributed by atoms with Gasteiger partial charge in [0.05, 0.1) is 33.7 Å². The van der Waals surface area contributed by atoms with Crippen LogP contribution in [-0.4, -0.2) is 24.5 Å². The first-order chi connectivity index (χ1) is 14.8. The number of benzene rings is 2. The van der Waals surface area contributed by atoms with Crippen molar-refractivity contribution in [3.8, 4) is 16.8 Å². The molecule has 158 valence electrons. The van der Waals surface area contributed by atoms with Crippen LogP contribution in [0.4, 0.5) is 0 Å². The Morgan fingerprint density at radius 2 is 1.87 bits per heavy atom. The fourth-order valence-corrected chi connectivity index (χ4v) is 4.80. The highest BCUT2D eigenvalue weighted by atomic mass is 35.5. The predicted octanol–water partition coefficient (Wildman–Crippen LogP) is 4.84. The average molecular weight is 473 g/mol. The molecule has 0 aliphatic heterocycles. The topological polar surface area (TPSA) is 82.2 Å². The summed E-state index contributed by atoms with van der Waals surface area (Å²) in [5.41, 5.74) is 1.55. The highest BCUT2D eigenvalue weighted by molar-refractivity contribution is 7.98. The molecule has 0 amide bonds. The first kappa shape index (κ1) is 21.4. The molecule has 6 nitrogen and oxygen atoms in total. The van der Waals surface area contributed by atoms with Gasteiger partial charge in [-0.3, -0.25) is 4.79 Å². The molecule has 2 aromatic heterocycles. The van der Waals surface area contributed by atoms with Crippen molar-refractivity contribution in [2.24, 2.45) is 0 Å². The number of halogens is 1. The standard InChI is InChI=1S/C22H17ClN2O4S2/c1-31(27,28)19-9-7-15(8-10-19)20-13-24-25(17-5-2-4-16(23)12-17)22(26)21(20)30-14-18-6-3-11-29-18/h2-13H,14H2,1H3. The number of hydrogen-bond acceptors (Lipinski definition) is 6. The van der Waals surface area contributed by atoms with E-state index in [0.29, 0.717) is 32.5 Å². The van der Waals surface area contributed by atoms with Gasteiger partial charge in [0.2, 0.25) is 0 Å². The minimum atomic E-state index is -3.32. The van der Waals surface area contributed by atoms with Gasteiger partial charge in [0.25, 0.3) is 5.56 Å². The first-order valence-corrected chi connectivity index (χ1v) is 12.4. The maximum Gasteiger partial charge on any atom is 0.285 e. The summed E-state index contributed by atoms with van der Waals surface area (Å²) < 4.78 is 30.2. The quantitative estimate of drug-likeness (QED) is 0.373. The molecule has 31 heavy (non-hydrogen) atoms. The van der Waals surface area contributed by atoms with Gasteiger partial charge in [0, 0.05) is 16.8 Å². The number of nitrogens with zero attached hydrogens (tertiary/aromatic N) is 2. The van der Waals surface area contributed by atoms with E-state index in [0.717, 1.165) is 12.0 Å². The SMILES string of the molecule is CS(=O)(=O)c1ccc(-c2cnn(-c3cccc(Cl)c3)c(=O)c2SCc2ccco2)cc1.